The predicted octanol–water partition coefficient (Wildman–Crippen LogP) is 1.81. The Balaban J connectivity index is 1.49. The largest absolute Gasteiger partial charge is 0.493 e. The minimum Gasteiger partial charge on any atom is -0.493 e. The molecule has 128 valence electrons. The van der Waals surface area contributed by atoms with Crippen LogP contribution in [-0.2, 0) is 11.3 Å². The molecule has 2 N–H and O–H groups in total. The van der Waals surface area contributed by atoms with Crippen molar-refractivity contribution in [3.05, 3.63) is 47.8 Å². The van der Waals surface area contributed by atoms with Crippen molar-refractivity contribution in [2.75, 3.05) is 13.2 Å². The molecule has 2 heterocycles. The molecule has 3 rings (SSSR count). The van der Waals surface area contributed by atoms with Gasteiger partial charge in [-0.25, -0.2) is 0 Å². The maximum Gasteiger partial charge on any atom is 0.237 e. The van der Waals surface area contributed by atoms with Gasteiger partial charge >= 0.3 is 0 Å². The van der Waals surface area contributed by atoms with Gasteiger partial charge in [0, 0.05) is 24.7 Å². The number of nitrogens with one attached hydrogen (secondary N) is 2. The number of rotatable bonds is 6. The van der Waals surface area contributed by atoms with Crippen LogP contribution in [0.4, 0.5) is 0 Å². The summed E-state index contributed by atoms with van der Waals surface area (Å²) >= 11 is 0. The van der Waals surface area contributed by atoms with E-state index in [0.717, 1.165) is 29.8 Å². The number of fused-ring (bicyclic) bond motifs is 1. The quantitative estimate of drug-likeness (QED) is 0.849. The average molecular weight is 328 g/mol. The van der Waals surface area contributed by atoms with Crippen LogP contribution in [0.3, 0.4) is 0 Å². The van der Waals surface area contributed by atoms with Gasteiger partial charge in [0.1, 0.15) is 5.75 Å². The van der Waals surface area contributed by atoms with E-state index in [4.69, 9.17) is 4.74 Å². The molecular formula is C18H24N4O2. The summed E-state index contributed by atoms with van der Waals surface area (Å²) in [6.45, 7) is 5.96. The van der Waals surface area contributed by atoms with Gasteiger partial charge in [-0.15, -0.1) is 0 Å². The highest BCUT2D eigenvalue weighted by Gasteiger charge is 2.24. The summed E-state index contributed by atoms with van der Waals surface area (Å²) in [5.41, 5.74) is 2.19. The Hall–Kier alpha value is -2.34. The zero-order valence-corrected chi connectivity index (χ0v) is 14.2. The molecule has 1 aliphatic heterocycles. The molecule has 0 saturated heterocycles. The highest BCUT2D eigenvalue weighted by atomic mass is 16.5. The highest BCUT2D eigenvalue weighted by Crippen LogP contribution is 2.31. The van der Waals surface area contributed by atoms with Gasteiger partial charge in [0.15, 0.2) is 0 Å². The third-order valence-electron chi connectivity index (χ3n) is 4.22. The van der Waals surface area contributed by atoms with Gasteiger partial charge in [0.2, 0.25) is 5.91 Å². The molecule has 0 spiro atoms. The van der Waals surface area contributed by atoms with E-state index < -0.39 is 0 Å². The fourth-order valence-electron chi connectivity index (χ4n) is 2.87. The Kier molecular flexibility index (Phi) is 5.15. The minimum absolute atomic E-state index is 0.00773. The van der Waals surface area contributed by atoms with Crippen LogP contribution in [0.1, 0.15) is 30.5 Å². The van der Waals surface area contributed by atoms with Crippen molar-refractivity contribution in [1.29, 1.82) is 0 Å². The van der Waals surface area contributed by atoms with Crippen molar-refractivity contribution >= 4 is 5.91 Å². The number of ether oxygens (including phenoxy) is 1. The van der Waals surface area contributed by atoms with Gasteiger partial charge in [-0.2, -0.15) is 5.10 Å². The average Bonchev–Trinajstić information content (AvgIpc) is 3.00. The molecule has 0 saturated carbocycles. The van der Waals surface area contributed by atoms with E-state index >= 15 is 0 Å². The number of benzene rings is 1. The summed E-state index contributed by atoms with van der Waals surface area (Å²) in [6.07, 6.45) is 4.62. The van der Waals surface area contributed by atoms with Crippen molar-refractivity contribution in [3.8, 4) is 5.75 Å². The molecule has 0 aliphatic carbocycles. The fraction of sp³-hybridized carbons (Fsp3) is 0.444. The second-order valence-electron chi connectivity index (χ2n) is 6.19. The van der Waals surface area contributed by atoms with E-state index in [1.165, 1.54) is 0 Å². The lowest BCUT2D eigenvalue weighted by molar-refractivity contribution is -0.123. The topological polar surface area (TPSA) is 68.2 Å². The molecule has 1 aromatic carbocycles. The van der Waals surface area contributed by atoms with Crippen molar-refractivity contribution in [2.24, 2.45) is 0 Å². The molecule has 1 aliphatic rings. The first-order valence-corrected chi connectivity index (χ1v) is 8.38. The molecule has 0 radical (unpaired) electrons. The van der Waals surface area contributed by atoms with Crippen LogP contribution in [0.5, 0.6) is 5.75 Å². The zero-order chi connectivity index (χ0) is 16.9. The van der Waals surface area contributed by atoms with E-state index in [0.29, 0.717) is 13.2 Å². The molecule has 2 aromatic rings. The second kappa shape index (κ2) is 7.49. The van der Waals surface area contributed by atoms with Gasteiger partial charge in [-0.05, 0) is 25.5 Å². The molecule has 24 heavy (non-hydrogen) atoms. The Morgan fingerprint density at radius 3 is 3.08 bits per heavy atom. The summed E-state index contributed by atoms with van der Waals surface area (Å²) in [7, 11) is 0. The molecule has 6 heteroatoms. The zero-order valence-electron chi connectivity index (χ0n) is 14.2. The summed E-state index contributed by atoms with van der Waals surface area (Å²) in [5, 5.41) is 10.6. The fourth-order valence-corrected chi connectivity index (χ4v) is 2.87. The number of para-hydroxylation sites is 1. The maximum atomic E-state index is 12.4. The van der Waals surface area contributed by atoms with Gasteiger partial charge in [0.25, 0.3) is 0 Å². The molecule has 1 aromatic heterocycles. The van der Waals surface area contributed by atoms with Crippen LogP contribution < -0.4 is 15.4 Å². The monoisotopic (exact) mass is 328 g/mol. The normalized spacial score (nSPS) is 17.7. The molecule has 6 nitrogen and oxygen atoms in total. The van der Waals surface area contributed by atoms with Gasteiger partial charge in [-0.3, -0.25) is 9.48 Å². The Labute approximate surface area is 142 Å². The predicted molar refractivity (Wildman–Crippen MR) is 91.9 cm³/mol. The number of amides is 1. The lowest BCUT2D eigenvalue weighted by Crippen LogP contribution is -2.45. The molecular weight excluding hydrogens is 304 g/mol. The highest BCUT2D eigenvalue weighted by molar-refractivity contribution is 5.81. The molecule has 1 amide bonds. The Morgan fingerprint density at radius 1 is 1.46 bits per heavy atom. The maximum absolute atomic E-state index is 12.4. The molecule has 0 bridgehead atoms. The third kappa shape index (κ3) is 3.94. The van der Waals surface area contributed by atoms with Crippen LogP contribution in [0.25, 0.3) is 0 Å². The lowest BCUT2D eigenvalue weighted by atomic mass is 10.0. The SMILES string of the molecule is Cc1cnn(CCN[C@@H](C)C(=O)N[C@H]2CCOc3ccccc32)c1. The summed E-state index contributed by atoms with van der Waals surface area (Å²) in [4.78, 5) is 12.4. The Morgan fingerprint density at radius 2 is 2.29 bits per heavy atom. The standard InChI is InChI=1S/C18H24N4O2/c1-13-11-20-22(12-13)9-8-19-14(2)18(23)21-16-7-10-24-17-6-4-3-5-15(16)17/h3-6,11-12,14,16,19H,7-10H2,1-2H3,(H,21,23)/t14-,16-/m0/s1. The van der Waals surface area contributed by atoms with Crippen molar-refractivity contribution < 1.29 is 9.53 Å². The smallest absolute Gasteiger partial charge is 0.237 e. The van der Waals surface area contributed by atoms with Gasteiger partial charge < -0.3 is 15.4 Å². The van der Waals surface area contributed by atoms with Crippen LogP contribution in [0, 0.1) is 6.92 Å². The van der Waals surface area contributed by atoms with Gasteiger partial charge in [-0.1, -0.05) is 18.2 Å². The number of hydrogen-bond donors (Lipinski definition) is 2. The first-order valence-electron chi connectivity index (χ1n) is 8.38. The van der Waals surface area contributed by atoms with Crippen LogP contribution in [0.15, 0.2) is 36.7 Å². The van der Waals surface area contributed by atoms with Gasteiger partial charge in [0.05, 0.1) is 31.4 Å². The van der Waals surface area contributed by atoms with E-state index in [1.54, 1.807) is 0 Å². The second-order valence-corrected chi connectivity index (χ2v) is 6.19. The Bertz CT molecular complexity index is 698. The first kappa shape index (κ1) is 16.5. The van der Waals surface area contributed by atoms with E-state index in [9.17, 15) is 4.79 Å². The van der Waals surface area contributed by atoms with Crippen molar-refractivity contribution in [2.45, 2.75) is 38.9 Å². The molecule has 0 fully saturated rings. The van der Waals surface area contributed by atoms with Crippen molar-refractivity contribution in [1.82, 2.24) is 20.4 Å². The van der Waals surface area contributed by atoms with Crippen LogP contribution in [-0.4, -0.2) is 34.9 Å². The van der Waals surface area contributed by atoms with E-state index in [1.807, 2.05) is 55.2 Å². The molecule has 2 atom stereocenters. The number of carbonyl (C=O) groups is 1. The number of hydrogen-bond acceptors (Lipinski definition) is 4. The molecule has 0 unspecified atom stereocenters. The third-order valence-corrected chi connectivity index (χ3v) is 4.22. The number of carbonyl (C=O) groups excluding carboxylic acids is 1. The number of nitrogens with zero attached hydrogens (tertiary/aromatic N) is 2. The van der Waals surface area contributed by atoms with Crippen LogP contribution in [0.2, 0.25) is 0 Å². The van der Waals surface area contributed by atoms with Crippen molar-refractivity contribution in [3.63, 3.8) is 0 Å². The summed E-state index contributed by atoms with van der Waals surface area (Å²) < 4.78 is 7.51. The minimum atomic E-state index is -0.253. The first-order chi connectivity index (χ1) is 11.6. The van der Waals surface area contributed by atoms with E-state index in [-0.39, 0.29) is 18.0 Å². The van der Waals surface area contributed by atoms with Crippen LogP contribution >= 0.6 is 0 Å². The van der Waals surface area contributed by atoms with E-state index in [2.05, 4.69) is 15.7 Å². The number of aromatic nitrogens is 2. The number of aryl methyl sites for hydroxylation is 1. The summed E-state index contributed by atoms with van der Waals surface area (Å²) in [6, 6.07) is 7.64. The lowest BCUT2D eigenvalue weighted by Gasteiger charge is -2.27. The summed E-state index contributed by atoms with van der Waals surface area (Å²) in [5.74, 6) is 0.872.